The Morgan fingerprint density at radius 1 is 0.926 bits per heavy atom. The van der Waals surface area contributed by atoms with E-state index in [0.29, 0.717) is 6.61 Å². The van der Waals surface area contributed by atoms with Crippen LogP contribution in [0.4, 0.5) is 0 Å². The number of carbonyl (C=O) groups excluding carboxylic acids is 1. The van der Waals surface area contributed by atoms with E-state index in [0.717, 1.165) is 50.0 Å². The van der Waals surface area contributed by atoms with Gasteiger partial charge in [-0.05, 0) is 36.8 Å². The molecule has 0 saturated carbocycles. The van der Waals surface area contributed by atoms with Gasteiger partial charge in [0.05, 0.1) is 11.5 Å². The van der Waals surface area contributed by atoms with Gasteiger partial charge in [0.15, 0.2) is 0 Å². The second-order valence-corrected chi connectivity index (χ2v) is 7.60. The summed E-state index contributed by atoms with van der Waals surface area (Å²) in [7, 11) is 0. The van der Waals surface area contributed by atoms with Crippen molar-refractivity contribution in [1.29, 1.82) is 0 Å². The summed E-state index contributed by atoms with van der Waals surface area (Å²) in [6.07, 6.45) is 3.57. The van der Waals surface area contributed by atoms with Gasteiger partial charge in [-0.15, -0.1) is 0 Å². The van der Waals surface area contributed by atoms with E-state index >= 15 is 0 Å². The first-order chi connectivity index (χ1) is 13.3. The third kappa shape index (κ3) is 4.23. The highest BCUT2D eigenvalue weighted by molar-refractivity contribution is 5.87. The molecular weight excluding hydrogens is 338 g/mol. The van der Waals surface area contributed by atoms with E-state index in [1.807, 2.05) is 60.7 Å². The number of ether oxygens (including phenoxy) is 2. The standard InChI is InChI=1S/C23H27NO3/c25-22(24-20-11-14-27-23(17-20)12-15-26-16-13-23)21(18-7-3-1-4-8-18)19-9-5-2-6-10-19/h1-10,20-21H,11-17H2,(H,24,25). The first-order valence-corrected chi connectivity index (χ1v) is 9.88. The number of amides is 1. The summed E-state index contributed by atoms with van der Waals surface area (Å²) in [5, 5.41) is 3.33. The van der Waals surface area contributed by atoms with Crippen molar-refractivity contribution in [2.24, 2.45) is 0 Å². The van der Waals surface area contributed by atoms with E-state index < -0.39 is 0 Å². The van der Waals surface area contributed by atoms with Crippen LogP contribution in [0.1, 0.15) is 42.7 Å². The molecule has 2 aliphatic rings. The molecule has 0 aromatic heterocycles. The van der Waals surface area contributed by atoms with E-state index in [-0.39, 0.29) is 23.5 Å². The van der Waals surface area contributed by atoms with Gasteiger partial charge >= 0.3 is 0 Å². The fourth-order valence-corrected chi connectivity index (χ4v) is 4.31. The zero-order valence-electron chi connectivity index (χ0n) is 15.6. The molecule has 0 radical (unpaired) electrons. The Morgan fingerprint density at radius 2 is 1.52 bits per heavy atom. The van der Waals surface area contributed by atoms with Crippen LogP contribution in [-0.2, 0) is 14.3 Å². The van der Waals surface area contributed by atoms with Crippen molar-refractivity contribution in [1.82, 2.24) is 5.32 Å². The minimum absolute atomic E-state index is 0.0708. The van der Waals surface area contributed by atoms with Gasteiger partial charge in [0.2, 0.25) is 5.91 Å². The lowest BCUT2D eigenvalue weighted by atomic mass is 9.83. The average molecular weight is 365 g/mol. The molecule has 2 aliphatic heterocycles. The van der Waals surface area contributed by atoms with Crippen LogP contribution in [0, 0.1) is 0 Å². The van der Waals surface area contributed by atoms with E-state index in [2.05, 4.69) is 5.32 Å². The van der Waals surface area contributed by atoms with E-state index in [1.165, 1.54) is 0 Å². The lowest BCUT2D eigenvalue weighted by Gasteiger charge is -2.43. The summed E-state index contributed by atoms with van der Waals surface area (Å²) in [5.74, 6) is -0.220. The van der Waals surface area contributed by atoms with E-state index in [9.17, 15) is 4.79 Å². The van der Waals surface area contributed by atoms with Crippen molar-refractivity contribution in [2.45, 2.75) is 43.2 Å². The van der Waals surface area contributed by atoms with Crippen molar-refractivity contribution in [2.75, 3.05) is 19.8 Å². The van der Waals surface area contributed by atoms with Crippen molar-refractivity contribution in [3.05, 3.63) is 71.8 Å². The van der Waals surface area contributed by atoms with Gasteiger partial charge in [-0.1, -0.05) is 60.7 Å². The smallest absolute Gasteiger partial charge is 0.232 e. The molecule has 2 fully saturated rings. The molecule has 1 amide bonds. The Morgan fingerprint density at radius 3 is 2.11 bits per heavy atom. The summed E-state index contributed by atoms with van der Waals surface area (Å²) in [6.45, 7) is 2.20. The average Bonchev–Trinajstić information content (AvgIpc) is 2.70. The topological polar surface area (TPSA) is 47.6 Å². The highest BCUT2D eigenvalue weighted by Crippen LogP contribution is 2.35. The number of nitrogens with one attached hydrogen (secondary N) is 1. The normalized spacial score (nSPS) is 21.9. The maximum atomic E-state index is 13.3. The van der Waals surface area contributed by atoms with Crippen LogP contribution in [0.5, 0.6) is 0 Å². The molecular formula is C23H27NO3. The number of carbonyl (C=O) groups is 1. The van der Waals surface area contributed by atoms with Crippen LogP contribution in [0.2, 0.25) is 0 Å². The molecule has 2 aromatic rings. The van der Waals surface area contributed by atoms with Gasteiger partial charge < -0.3 is 14.8 Å². The second-order valence-electron chi connectivity index (χ2n) is 7.60. The van der Waals surface area contributed by atoms with Gasteiger partial charge in [0.25, 0.3) is 0 Å². The molecule has 142 valence electrons. The van der Waals surface area contributed by atoms with Crippen LogP contribution >= 0.6 is 0 Å². The Hall–Kier alpha value is -2.17. The minimum atomic E-state index is -0.291. The molecule has 1 N–H and O–H groups in total. The molecule has 27 heavy (non-hydrogen) atoms. The monoisotopic (exact) mass is 365 g/mol. The van der Waals surface area contributed by atoms with Crippen molar-refractivity contribution >= 4 is 5.91 Å². The summed E-state index contributed by atoms with van der Waals surface area (Å²) in [6, 6.07) is 20.2. The third-order valence-corrected chi connectivity index (χ3v) is 5.77. The minimum Gasteiger partial charge on any atom is -0.381 e. The lowest BCUT2D eigenvalue weighted by molar-refractivity contribution is -0.144. The van der Waals surface area contributed by atoms with E-state index in [1.54, 1.807) is 0 Å². The quantitative estimate of drug-likeness (QED) is 0.899. The summed E-state index contributed by atoms with van der Waals surface area (Å²) < 4.78 is 11.6. The van der Waals surface area contributed by atoms with Crippen LogP contribution in [0.15, 0.2) is 60.7 Å². The van der Waals surface area contributed by atoms with Crippen LogP contribution in [-0.4, -0.2) is 37.4 Å². The molecule has 1 unspecified atom stereocenters. The lowest BCUT2D eigenvalue weighted by Crippen LogP contribution is -2.51. The third-order valence-electron chi connectivity index (χ3n) is 5.77. The number of rotatable bonds is 4. The largest absolute Gasteiger partial charge is 0.381 e. The SMILES string of the molecule is O=C(NC1CCOC2(CCOCC2)C1)C(c1ccccc1)c1ccccc1. The van der Waals surface area contributed by atoms with Crippen molar-refractivity contribution < 1.29 is 14.3 Å². The molecule has 4 heteroatoms. The zero-order chi connectivity index (χ0) is 18.5. The highest BCUT2D eigenvalue weighted by atomic mass is 16.5. The summed E-state index contributed by atoms with van der Waals surface area (Å²) in [4.78, 5) is 13.3. The van der Waals surface area contributed by atoms with Crippen LogP contribution in [0.3, 0.4) is 0 Å². The molecule has 1 atom stereocenters. The van der Waals surface area contributed by atoms with E-state index in [4.69, 9.17) is 9.47 Å². The van der Waals surface area contributed by atoms with Crippen molar-refractivity contribution in [3.8, 4) is 0 Å². The number of benzene rings is 2. The van der Waals surface area contributed by atoms with Gasteiger partial charge in [-0.25, -0.2) is 0 Å². The first kappa shape index (κ1) is 18.2. The van der Waals surface area contributed by atoms with Crippen LogP contribution in [0.25, 0.3) is 0 Å². The number of hydrogen-bond donors (Lipinski definition) is 1. The second kappa shape index (κ2) is 8.24. The molecule has 0 aliphatic carbocycles. The van der Waals surface area contributed by atoms with Gasteiger partial charge in [-0.2, -0.15) is 0 Å². The van der Waals surface area contributed by atoms with Gasteiger partial charge in [-0.3, -0.25) is 4.79 Å². The Kier molecular flexibility index (Phi) is 5.55. The molecule has 2 saturated heterocycles. The molecule has 2 heterocycles. The van der Waals surface area contributed by atoms with Crippen molar-refractivity contribution in [3.63, 3.8) is 0 Å². The predicted octanol–water partition coefficient (Wildman–Crippen LogP) is 3.66. The zero-order valence-corrected chi connectivity index (χ0v) is 15.6. The Balaban J connectivity index is 1.52. The summed E-state index contributed by atoms with van der Waals surface area (Å²) >= 11 is 0. The molecule has 2 aromatic carbocycles. The van der Waals surface area contributed by atoms with Gasteiger partial charge in [0, 0.05) is 25.9 Å². The Bertz CT molecular complexity index is 696. The molecule has 4 nitrogen and oxygen atoms in total. The maximum absolute atomic E-state index is 13.3. The number of hydrogen-bond acceptors (Lipinski definition) is 3. The fourth-order valence-electron chi connectivity index (χ4n) is 4.31. The predicted molar refractivity (Wildman–Crippen MR) is 105 cm³/mol. The highest BCUT2D eigenvalue weighted by Gasteiger charge is 2.40. The van der Waals surface area contributed by atoms with Gasteiger partial charge in [0.1, 0.15) is 0 Å². The molecule has 0 bridgehead atoms. The maximum Gasteiger partial charge on any atom is 0.232 e. The molecule has 1 spiro atoms. The first-order valence-electron chi connectivity index (χ1n) is 9.88. The fraction of sp³-hybridized carbons (Fsp3) is 0.435. The molecule has 4 rings (SSSR count). The summed E-state index contributed by atoms with van der Waals surface area (Å²) in [5.41, 5.74) is 1.92. The van der Waals surface area contributed by atoms with Crippen LogP contribution < -0.4 is 5.32 Å². The Labute approximate surface area is 160 Å².